The van der Waals surface area contributed by atoms with Crippen molar-refractivity contribution in [3.05, 3.63) is 35.9 Å². The van der Waals surface area contributed by atoms with Crippen LogP contribution in [0.1, 0.15) is 50.1 Å². The van der Waals surface area contributed by atoms with Crippen LogP contribution in [0.3, 0.4) is 0 Å². The van der Waals surface area contributed by atoms with E-state index < -0.39 is 5.97 Å². The first kappa shape index (κ1) is 16.5. The van der Waals surface area contributed by atoms with Crippen LogP contribution in [0.15, 0.2) is 30.3 Å². The van der Waals surface area contributed by atoms with Gasteiger partial charge in [0.25, 0.3) is 0 Å². The van der Waals surface area contributed by atoms with Crippen LogP contribution in [0.4, 0.5) is 0 Å². The SMILES string of the molecule is O=C(O)CCC(NC(=O)CC1CCCCO1)c1ccccc1. The van der Waals surface area contributed by atoms with Crippen LogP contribution in [0.25, 0.3) is 0 Å². The van der Waals surface area contributed by atoms with Gasteiger partial charge in [0, 0.05) is 13.0 Å². The monoisotopic (exact) mass is 305 g/mol. The fourth-order valence-corrected chi connectivity index (χ4v) is 2.70. The van der Waals surface area contributed by atoms with E-state index in [4.69, 9.17) is 9.84 Å². The summed E-state index contributed by atoms with van der Waals surface area (Å²) in [6.45, 7) is 0.721. The second kappa shape index (κ2) is 8.54. The fraction of sp³-hybridized carbons (Fsp3) is 0.529. The molecule has 120 valence electrons. The zero-order chi connectivity index (χ0) is 15.8. The van der Waals surface area contributed by atoms with Crippen molar-refractivity contribution in [2.75, 3.05) is 6.61 Å². The van der Waals surface area contributed by atoms with Gasteiger partial charge in [-0.3, -0.25) is 9.59 Å². The number of carbonyl (C=O) groups is 2. The highest BCUT2D eigenvalue weighted by atomic mass is 16.5. The number of rotatable bonds is 7. The molecule has 1 saturated heterocycles. The van der Waals surface area contributed by atoms with Gasteiger partial charge in [0.05, 0.1) is 18.6 Å². The molecule has 0 bridgehead atoms. The van der Waals surface area contributed by atoms with Crippen LogP contribution in [-0.4, -0.2) is 29.7 Å². The Kier molecular flexibility index (Phi) is 6.40. The molecule has 1 aliphatic rings. The third kappa shape index (κ3) is 5.48. The molecule has 1 aliphatic heterocycles. The molecule has 5 nitrogen and oxygen atoms in total. The molecule has 2 unspecified atom stereocenters. The Balaban J connectivity index is 1.92. The van der Waals surface area contributed by atoms with Crippen LogP contribution in [0.2, 0.25) is 0 Å². The summed E-state index contributed by atoms with van der Waals surface area (Å²) in [7, 11) is 0. The third-order valence-electron chi connectivity index (χ3n) is 3.87. The number of nitrogens with one attached hydrogen (secondary N) is 1. The Bertz CT molecular complexity index is 483. The van der Waals surface area contributed by atoms with E-state index in [1.165, 1.54) is 0 Å². The summed E-state index contributed by atoms with van der Waals surface area (Å²) in [6, 6.07) is 9.22. The lowest BCUT2D eigenvalue weighted by atomic mass is 10.0. The van der Waals surface area contributed by atoms with E-state index in [1.54, 1.807) is 0 Å². The van der Waals surface area contributed by atoms with E-state index in [0.29, 0.717) is 12.8 Å². The lowest BCUT2D eigenvalue weighted by Crippen LogP contribution is -2.33. The molecular formula is C17H23NO4. The van der Waals surface area contributed by atoms with Gasteiger partial charge in [0.2, 0.25) is 5.91 Å². The molecule has 5 heteroatoms. The predicted molar refractivity (Wildman–Crippen MR) is 82.4 cm³/mol. The summed E-state index contributed by atoms with van der Waals surface area (Å²) in [5.74, 6) is -0.933. The molecule has 22 heavy (non-hydrogen) atoms. The van der Waals surface area contributed by atoms with Crippen molar-refractivity contribution in [2.24, 2.45) is 0 Å². The lowest BCUT2D eigenvalue weighted by Gasteiger charge is -2.24. The maximum absolute atomic E-state index is 12.2. The average Bonchev–Trinajstić information content (AvgIpc) is 2.53. The topological polar surface area (TPSA) is 75.6 Å². The molecule has 2 rings (SSSR count). The van der Waals surface area contributed by atoms with Crippen LogP contribution < -0.4 is 5.32 Å². The van der Waals surface area contributed by atoms with Crippen molar-refractivity contribution in [3.8, 4) is 0 Å². The largest absolute Gasteiger partial charge is 0.481 e. The molecular weight excluding hydrogens is 282 g/mol. The molecule has 0 aromatic heterocycles. The second-order valence-corrected chi connectivity index (χ2v) is 5.66. The minimum absolute atomic E-state index is 0.00959. The Labute approximate surface area is 130 Å². The number of carboxylic acids is 1. The molecule has 2 atom stereocenters. The van der Waals surface area contributed by atoms with Crippen LogP contribution in [0.5, 0.6) is 0 Å². The standard InChI is InChI=1S/C17H23NO4/c19-16(12-14-8-4-5-11-22-14)18-15(9-10-17(20)21)13-6-2-1-3-7-13/h1-3,6-7,14-15H,4-5,8-12H2,(H,18,19)(H,20,21). The number of carbonyl (C=O) groups excluding carboxylic acids is 1. The highest BCUT2D eigenvalue weighted by Gasteiger charge is 2.21. The number of ether oxygens (including phenoxy) is 1. The third-order valence-corrected chi connectivity index (χ3v) is 3.87. The molecule has 1 fully saturated rings. The minimum atomic E-state index is -0.856. The number of carboxylic acid groups (broad SMARTS) is 1. The Morgan fingerprint density at radius 2 is 2.05 bits per heavy atom. The number of benzene rings is 1. The molecule has 1 aromatic rings. The first-order valence-electron chi connectivity index (χ1n) is 7.83. The summed E-state index contributed by atoms with van der Waals surface area (Å²) >= 11 is 0. The average molecular weight is 305 g/mol. The molecule has 2 N–H and O–H groups in total. The van der Waals surface area contributed by atoms with Crippen molar-refractivity contribution in [1.29, 1.82) is 0 Å². The van der Waals surface area contributed by atoms with Crippen LogP contribution in [0, 0.1) is 0 Å². The molecule has 0 saturated carbocycles. The van der Waals surface area contributed by atoms with E-state index >= 15 is 0 Å². The zero-order valence-corrected chi connectivity index (χ0v) is 12.7. The first-order chi connectivity index (χ1) is 10.6. The quantitative estimate of drug-likeness (QED) is 0.812. The summed E-state index contributed by atoms with van der Waals surface area (Å²) in [6.07, 6.45) is 3.82. The molecule has 0 aliphatic carbocycles. The van der Waals surface area contributed by atoms with E-state index in [1.807, 2.05) is 30.3 Å². The highest BCUT2D eigenvalue weighted by molar-refractivity contribution is 5.77. The van der Waals surface area contributed by atoms with E-state index in [9.17, 15) is 9.59 Å². The predicted octanol–water partition coefficient (Wildman–Crippen LogP) is 2.67. The molecule has 1 heterocycles. The zero-order valence-electron chi connectivity index (χ0n) is 12.7. The Morgan fingerprint density at radius 3 is 2.68 bits per heavy atom. The number of amides is 1. The maximum Gasteiger partial charge on any atom is 0.303 e. The summed E-state index contributed by atoms with van der Waals surface area (Å²) in [5.41, 5.74) is 0.932. The van der Waals surface area contributed by atoms with Crippen LogP contribution >= 0.6 is 0 Å². The summed E-state index contributed by atoms with van der Waals surface area (Å²) < 4.78 is 5.58. The fourth-order valence-electron chi connectivity index (χ4n) is 2.70. The molecule has 1 aromatic carbocycles. The van der Waals surface area contributed by atoms with Gasteiger partial charge in [0.15, 0.2) is 0 Å². The van der Waals surface area contributed by atoms with Gasteiger partial charge in [-0.1, -0.05) is 30.3 Å². The van der Waals surface area contributed by atoms with Crippen molar-refractivity contribution in [2.45, 2.75) is 50.7 Å². The molecule has 0 spiro atoms. The van der Waals surface area contributed by atoms with Gasteiger partial charge in [-0.15, -0.1) is 0 Å². The Morgan fingerprint density at radius 1 is 1.27 bits per heavy atom. The Hall–Kier alpha value is -1.88. The van der Waals surface area contributed by atoms with E-state index in [2.05, 4.69) is 5.32 Å². The molecule has 1 amide bonds. The van der Waals surface area contributed by atoms with E-state index in [0.717, 1.165) is 31.4 Å². The van der Waals surface area contributed by atoms with Gasteiger partial charge < -0.3 is 15.2 Å². The minimum Gasteiger partial charge on any atom is -0.481 e. The smallest absolute Gasteiger partial charge is 0.303 e. The van der Waals surface area contributed by atoms with Gasteiger partial charge in [0.1, 0.15) is 0 Å². The van der Waals surface area contributed by atoms with Crippen molar-refractivity contribution in [1.82, 2.24) is 5.32 Å². The van der Waals surface area contributed by atoms with Gasteiger partial charge >= 0.3 is 5.97 Å². The summed E-state index contributed by atoms with van der Waals surface area (Å²) in [4.78, 5) is 23.0. The van der Waals surface area contributed by atoms with E-state index in [-0.39, 0.29) is 24.5 Å². The maximum atomic E-state index is 12.2. The first-order valence-corrected chi connectivity index (χ1v) is 7.83. The number of aliphatic carboxylic acids is 1. The molecule has 0 radical (unpaired) electrons. The second-order valence-electron chi connectivity index (χ2n) is 5.66. The number of hydrogen-bond donors (Lipinski definition) is 2. The van der Waals surface area contributed by atoms with Gasteiger partial charge in [-0.25, -0.2) is 0 Å². The van der Waals surface area contributed by atoms with Gasteiger partial charge in [-0.2, -0.15) is 0 Å². The lowest BCUT2D eigenvalue weighted by molar-refractivity contribution is -0.137. The summed E-state index contributed by atoms with van der Waals surface area (Å²) in [5, 5.41) is 11.8. The highest BCUT2D eigenvalue weighted by Crippen LogP contribution is 2.20. The van der Waals surface area contributed by atoms with Crippen LogP contribution in [-0.2, 0) is 14.3 Å². The number of hydrogen-bond acceptors (Lipinski definition) is 3. The van der Waals surface area contributed by atoms with Crippen molar-refractivity contribution >= 4 is 11.9 Å². The van der Waals surface area contributed by atoms with Gasteiger partial charge in [-0.05, 0) is 31.2 Å². The van der Waals surface area contributed by atoms with Crippen molar-refractivity contribution < 1.29 is 19.4 Å². The normalized spacial score (nSPS) is 19.4. The van der Waals surface area contributed by atoms with Crippen molar-refractivity contribution in [3.63, 3.8) is 0 Å².